The van der Waals surface area contributed by atoms with Gasteiger partial charge in [-0.2, -0.15) is 0 Å². The summed E-state index contributed by atoms with van der Waals surface area (Å²) in [6, 6.07) is 0. The van der Waals surface area contributed by atoms with Crippen LogP contribution in [0.4, 0.5) is 8.78 Å². The van der Waals surface area contributed by atoms with Crippen LogP contribution < -0.4 is 4.87 Å². The average molecular weight is 207 g/mol. The normalized spacial score (nSPS) is 10.8. The number of carbonyl (C=O) groups is 1. The van der Waals surface area contributed by atoms with Gasteiger partial charge in [0.05, 0.1) is 6.54 Å². The lowest BCUT2D eigenvalue weighted by atomic mass is 10.4. The molecule has 0 N–H and O–H groups in total. The molecular weight excluding hydrogens is 200 g/mol. The molecule has 0 fully saturated rings. The Morgan fingerprint density at radius 3 is 2.69 bits per heavy atom. The Kier molecular flexibility index (Phi) is 2.92. The van der Waals surface area contributed by atoms with Gasteiger partial charge in [0.15, 0.2) is 0 Å². The number of Topliss-reactive ketones (excluding diaryl/α,β-unsaturated/α-hetero) is 1. The molecule has 0 unspecified atom stereocenters. The number of alkyl halides is 2. The smallest absolute Gasteiger partial charge is 0.296 e. The molecule has 1 aromatic rings. The van der Waals surface area contributed by atoms with Crippen molar-refractivity contribution in [2.75, 3.05) is 0 Å². The first-order valence-corrected chi connectivity index (χ1v) is 4.36. The van der Waals surface area contributed by atoms with Gasteiger partial charge in [-0.25, -0.2) is 8.78 Å². The van der Waals surface area contributed by atoms with Crippen LogP contribution in [-0.4, -0.2) is 16.8 Å². The molecule has 1 heterocycles. The third kappa shape index (κ3) is 2.21. The maximum atomic E-state index is 11.8. The van der Waals surface area contributed by atoms with E-state index in [0.717, 1.165) is 15.9 Å². The number of aryl methyl sites for hydroxylation is 1. The number of ketones is 1. The molecule has 0 aliphatic heterocycles. The monoisotopic (exact) mass is 207 g/mol. The molecule has 0 radical (unpaired) electrons. The van der Waals surface area contributed by atoms with Gasteiger partial charge in [0, 0.05) is 11.1 Å². The second-order valence-corrected chi connectivity index (χ2v) is 3.32. The quantitative estimate of drug-likeness (QED) is 0.743. The first kappa shape index (κ1) is 10.0. The maximum absolute atomic E-state index is 11.8. The van der Waals surface area contributed by atoms with E-state index in [2.05, 4.69) is 0 Å². The summed E-state index contributed by atoms with van der Waals surface area (Å²) in [6.45, 7) is 1.06. The highest BCUT2D eigenvalue weighted by Gasteiger charge is 2.17. The molecule has 3 nitrogen and oxygen atoms in total. The Bertz CT molecular complexity index is 369. The molecule has 0 saturated carbocycles. The topological polar surface area (TPSA) is 39.1 Å². The summed E-state index contributed by atoms with van der Waals surface area (Å²) < 4.78 is 24.7. The van der Waals surface area contributed by atoms with Crippen LogP contribution in [-0.2, 0) is 11.3 Å². The van der Waals surface area contributed by atoms with Crippen LogP contribution in [0.3, 0.4) is 0 Å². The van der Waals surface area contributed by atoms with Crippen LogP contribution in [0.1, 0.15) is 5.69 Å². The van der Waals surface area contributed by atoms with Crippen molar-refractivity contribution in [3.63, 3.8) is 0 Å². The Balaban J connectivity index is 2.86. The van der Waals surface area contributed by atoms with Crippen molar-refractivity contribution in [2.24, 2.45) is 0 Å². The third-order valence-corrected chi connectivity index (χ3v) is 2.41. The molecule has 1 rings (SSSR count). The van der Waals surface area contributed by atoms with E-state index in [9.17, 15) is 18.4 Å². The van der Waals surface area contributed by atoms with Gasteiger partial charge >= 0.3 is 4.87 Å². The van der Waals surface area contributed by atoms with Gasteiger partial charge in [-0.1, -0.05) is 11.3 Å². The molecule has 0 aromatic carbocycles. The molecule has 0 bridgehead atoms. The number of aromatic nitrogens is 1. The molecule has 0 aliphatic carbocycles. The second kappa shape index (κ2) is 3.78. The number of hydrogen-bond acceptors (Lipinski definition) is 3. The summed E-state index contributed by atoms with van der Waals surface area (Å²) in [7, 11) is 0. The first-order chi connectivity index (χ1) is 6.02. The Labute approximate surface area is 76.6 Å². The number of hydrogen-bond donors (Lipinski definition) is 0. The largest absolute Gasteiger partial charge is 0.307 e. The molecule has 6 heteroatoms. The minimum Gasteiger partial charge on any atom is -0.296 e. The first-order valence-electron chi connectivity index (χ1n) is 3.48. The summed E-state index contributed by atoms with van der Waals surface area (Å²) in [4.78, 5) is 21.2. The van der Waals surface area contributed by atoms with Gasteiger partial charge in [-0.15, -0.1) is 0 Å². The van der Waals surface area contributed by atoms with Crippen LogP contribution >= 0.6 is 11.3 Å². The van der Waals surface area contributed by atoms with Gasteiger partial charge in [0.1, 0.15) is 0 Å². The Morgan fingerprint density at radius 1 is 1.69 bits per heavy atom. The SMILES string of the molecule is Cc1csc(=O)n1CC(=O)C(F)F. The van der Waals surface area contributed by atoms with Crippen molar-refractivity contribution in [2.45, 2.75) is 19.9 Å². The molecule has 0 amide bonds. The fourth-order valence-electron chi connectivity index (χ4n) is 0.821. The number of halogens is 2. The van der Waals surface area contributed by atoms with Crippen LogP contribution in [0, 0.1) is 6.92 Å². The molecule has 1 aromatic heterocycles. The van der Waals surface area contributed by atoms with E-state index in [-0.39, 0.29) is 4.87 Å². The number of carbonyl (C=O) groups excluding carboxylic acids is 1. The third-order valence-electron chi connectivity index (χ3n) is 1.53. The Hall–Kier alpha value is -1.04. The van der Waals surface area contributed by atoms with E-state index in [4.69, 9.17) is 0 Å². The van der Waals surface area contributed by atoms with E-state index < -0.39 is 18.8 Å². The number of thiazole rings is 1. The van der Waals surface area contributed by atoms with E-state index in [1.54, 1.807) is 6.92 Å². The molecule has 72 valence electrons. The fraction of sp³-hybridized carbons (Fsp3) is 0.429. The van der Waals surface area contributed by atoms with E-state index in [0.29, 0.717) is 5.69 Å². The molecule has 0 saturated heterocycles. The predicted octanol–water partition coefficient (Wildman–Crippen LogP) is 1.05. The minimum atomic E-state index is -3.01. The summed E-state index contributed by atoms with van der Waals surface area (Å²) in [5.74, 6) is -1.23. The highest BCUT2D eigenvalue weighted by atomic mass is 32.1. The molecular formula is C7H7F2NO2S. The zero-order chi connectivity index (χ0) is 10.0. The zero-order valence-corrected chi connectivity index (χ0v) is 7.61. The lowest BCUT2D eigenvalue weighted by molar-refractivity contribution is -0.130. The van der Waals surface area contributed by atoms with Crippen molar-refractivity contribution in [3.05, 3.63) is 20.7 Å². The van der Waals surface area contributed by atoms with Crippen LogP contribution in [0.2, 0.25) is 0 Å². The zero-order valence-electron chi connectivity index (χ0n) is 6.79. The van der Waals surface area contributed by atoms with Crippen LogP contribution in [0.15, 0.2) is 10.2 Å². The van der Waals surface area contributed by atoms with Crippen molar-refractivity contribution in [3.8, 4) is 0 Å². The van der Waals surface area contributed by atoms with Crippen LogP contribution in [0.25, 0.3) is 0 Å². The number of nitrogens with zero attached hydrogens (tertiary/aromatic N) is 1. The van der Waals surface area contributed by atoms with Crippen molar-refractivity contribution in [1.29, 1.82) is 0 Å². The molecule has 13 heavy (non-hydrogen) atoms. The number of rotatable bonds is 3. The van der Waals surface area contributed by atoms with Gasteiger partial charge in [0.2, 0.25) is 5.78 Å². The van der Waals surface area contributed by atoms with Crippen molar-refractivity contribution < 1.29 is 13.6 Å². The fourth-order valence-corrected chi connectivity index (χ4v) is 1.56. The second-order valence-electron chi connectivity index (χ2n) is 2.50. The van der Waals surface area contributed by atoms with Crippen molar-refractivity contribution >= 4 is 17.1 Å². The maximum Gasteiger partial charge on any atom is 0.307 e. The van der Waals surface area contributed by atoms with Crippen LogP contribution in [0.5, 0.6) is 0 Å². The van der Waals surface area contributed by atoms with Gasteiger partial charge < -0.3 is 0 Å². The standard InChI is InChI=1S/C7H7F2NO2S/c1-4-3-13-7(12)10(4)2-5(11)6(8)9/h3,6H,2H2,1H3. The molecule has 0 aliphatic rings. The summed E-state index contributed by atoms with van der Waals surface area (Å²) >= 11 is 0.895. The summed E-state index contributed by atoms with van der Waals surface area (Å²) in [6.07, 6.45) is -3.01. The molecule has 0 spiro atoms. The predicted molar refractivity (Wildman–Crippen MR) is 44.3 cm³/mol. The van der Waals surface area contributed by atoms with E-state index in [1.165, 1.54) is 5.38 Å². The minimum absolute atomic E-state index is 0.383. The van der Waals surface area contributed by atoms with Gasteiger partial charge in [-0.3, -0.25) is 14.2 Å². The van der Waals surface area contributed by atoms with Gasteiger partial charge in [-0.05, 0) is 6.92 Å². The van der Waals surface area contributed by atoms with Gasteiger partial charge in [0.25, 0.3) is 6.43 Å². The molecule has 0 atom stereocenters. The highest BCUT2D eigenvalue weighted by molar-refractivity contribution is 7.07. The lowest BCUT2D eigenvalue weighted by Crippen LogP contribution is -2.24. The lowest BCUT2D eigenvalue weighted by Gasteiger charge is -2.01. The van der Waals surface area contributed by atoms with E-state index in [1.807, 2.05) is 0 Å². The van der Waals surface area contributed by atoms with E-state index >= 15 is 0 Å². The Morgan fingerprint density at radius 2 is 2.31 bits per heavy atom. The summed E-state index contributed by atoms with van der Waals surface area (Å²) in [5.41, 5.74) is 0.531. The summed E-state index contributed by atoms with van der Waals surface area (Å²) in [5, 5.41) is 1.53. The van der Waals surface area contributed by atoms with Crippen molar-refractivity contribution in [1.82, 2.24) is 4.57 Å². The average Bonchev–Trinajstić information content (AvgIpc) is 2.35. The highest BCUT2D eigenvalue weighted by Crippen LogP contribution is 2.02.